The smallest absolute Gasteiger partial charge is 0.407 e. The third kappa shape index (κ3) is 2.81. The van der Waals surface area contributed by atoms with Gasteiger partial charge in [-0.1, -0.05) is 0 Å². The second-order valence-corrected chi connectivity index (χ2v) is 5.50. The van der Waals surface area contributed by atoms with Gasteiger partial charge in [0.25, 0.3) is 0 Å². The summed E-state index contributed by atoms with van der Waals surface area (Å²) in [6, 6.07) is 0.147. The number of hydrogen-bond donors (Lipinski definition) is 2. The molecule has 2 aliphatic heterocycles. The molecular formula is C10H15NO4S. The van der Waals surface area contributed by atoms with Crippen molar-refractivity contribution in [3.63, 3.8) is 0 Å². The van der Waals surface area contributed by atoms with Crippen LogP contribution in [0.2, 0.25) is 0 Å². The minimum atomic E-state index is -0.743. The molecule has 0 radical (unpaired) electrons. The zero-order valence-electron chi connectivity index (χ0n) is 8.85. The number of fused-ring (bicyclic) bond motifs is 1. The minimum Gasteiger partial charge on any atom is -0.481 e. The summed E-state index contributed by atoms with van der Waals surface area (Å²) < 4.78 is 5.14. The Balaban J connectivity index is 1.73. The van der Waals surface area contributed by atoms with Crippen molar-refractivity contribution in [3.8, 4) is 0 Å². The summed E-state index contributed by atoms with van der Waals surface area (Å²) in [5.41, 5.74) is 0. The standard InChI is InChI=1S/C10H15NO4S/c12-9(13)3-1-2-6-4-8-7(5-16-6)11-10(14)15-8/h6-8H,1-5H2,(H,11,14)(H,12,13)/t6?,7?,8-/m1/s1. The molecule has 0 spiro atoms. The van der Waals surface area contributed by atoms with E-state index in [9.17, 15) is 9.59 Å². The lowest BCUT2D eigenvalue weighted by Crippen LogP contribution is -2.39. The van der Waals surface area contributed by atoms with Crippen LogP contribution < -0.4 is 5.32 Å². The summed E-state index contributed by atoms with van der Waals surface area (Å²) in [4.78, 5) is 21.4. The number of carbonyl (C=O) groups is 2. The molecule has 0 saturated carbocycles. The van der Waals surface area contributed by atoms with Gasteiger partial charge in [-0.05, 0) is 19.3 Å². The molecule has 3 atom stereocenters. The van der Waals surface area contributed by atoms with Gasteiger partial charge in [0.15, 0.2) is 0 Å². The van der Waals surface area contributed by atoms with Crippen LogP contribution in [0.5, 0.6) is 0 Å². The number of aliphatic carboxylic acids is 1. The van der Waals surface area contributed by atoms with Gasteiger partial charge >= 0.3 is 12.1 Å². The lowest BCUT2D eigenvalue weighted by atomic mass is 10.0. The number of nitrogens with one attached hydrogen (secondary N) is 1. The molecule has 1 amide bonds. The maximum absolute atomic E-state index is 11.0. The van der Waals surface area contributed by atoms with Gasteiger partial charge in [-0.2, -0.15) is 11.8 Å². The number of thioether (sulfide) groups is 1. The maximum atomic E-state index is 11.0. The summed E-state index contributed by atoms with van der Waals surface area (Å²) >= 11 is 1.81. The molecule has 16 heavy (non-hydrogen) atoms. The number of carboxylic acid groups (broad SMARTS) is 1. The van der Waals surface area contributed by atoms with Crippen molar-refractivity contribution in [2.45, 2.75) is 43.1 Å². The number of carboxylic acids is 1. The summed E-state index contributed by atoms with van der Waals surface area (Å²) in [5.74, 6) is 0.126. The molecule has 2 N–H and O–H groups in total. The number of rotatable bonds is 4. The van der Waals surface area contributed by atoms with E-state index >= 15 is 0 Å². The average molecular weight is 245 g/mol. The Morgan fingerprint density at radius 1 is 1.62 bits per heavy atom. The van der Waals surface area contributed by atoms with Gasteiger partial charge in [0.1, 0.15) is 6.10 Å². The van der Waals surface area contributed by atoms with Crippen LogP contribution in [-0.4, -0.2) is 40.3 Å². The topological polar surface area (TPSA) is 75.6 Å². The van der Waals surface area contributed by atoms with Crippen molar-refractivity contribution in [3.05, 3.63) is 0 Å². The van der Waals surface area contributed by atoms with E-state index in [4.69, 9.17) is 9.84 Å². The number of amides is 1. The highest BCUT2D eigenvalue weighted by atomic mass is 32.2. The van der Waals surface area contributed by atoms with Crippen LogP contribution in [0.25, 0.3) is 0 Å². The fourth-order valence-corrected chi connectivity index (χ4v) is 3.54. The summed E-state index contributed by atoms with van der Waals surface area (Å²) in [5, 5.41) is 11.7. The predicted molar refractivity (Wildman–Crippen MR) is 59.5 cm³/mol. The first kappa shape index (κ1) is 11.6. The van der Waals surface area contributed by atoms with Gasteiger partial charge in [-0.15, -0.1) is 0 Å². The highest BCUT2D eigenvalue weighted by Gasteiger charge is 2.39. The summed E-state index contributed by atoms with van der Waals surface area (Å²) in [6.45, 7) is 0. The van der Waals surface area contributed by atoms with Crippen LogP contribution in [0.3, 0.4) is 0 Å². The molecule has 0 aromatic rings. The first-order chi connectivity index (χ1) is 7.65. The molecule has 0 aromatic carbocycles. The second-order valence-electron chi connectivity index (χ2n) is 4.17. The highest BCUT2D eigenvalue weighted by molar-refractivity contribution is 8.00. The van der Waals surface area contributed by atoms with Crippen molar-refractivity contribution in [1.82, 2.24) is 5.32 Å². The lowest BCUT2D eigenvalue weighted by molar-refractivity contribution is -0.137. The first-order valence-electron chi connectivity index (χ1n) is 5.45. The van der Waals surface area contributed by atoms with E-state index in [0.29, 0.717) is 11.7 Å². The molecule has 6 heteroatoms. The Labute approximate surface area is 97.9 Å². The van der Waals surface area contributed by atoms with Crippen LogP contribution in [0, 0.1) is 0 Å². The van der Waals surface area contributed by atoms with Crippen molar-refractivity contribution in [2.75, 3.05) is 5.75 Å². The molecule has 0 bridgehead atoms. The zero-order valence-corrected chi connectivity index (χ0v) is 9.66. The molecule has 0 aromatic heterocycles. The Kier molecular flexibility index (Phi) is 3.58. The molecule has 2 aliphatic rings. The minimum absolute atomic E-state index is 0.0106. The number of hydrogen-bond acceptors (Lipinski definition) is 4. The quantitative estimate of drug-likeness (QED) is 0.779. The molecule has 2 unspecified atom stereocenters. The van der Waals surface area contributed by atoms with E-state index in [1.165, 1.54) is 0 Å². The molecule has 2 rings (SSSR count). The van der Waals surface area contributed by atoms with Crippen LogP contribution in [0.1, 0.15) is 25.7 Å². The Morgan fingerprint density at radius 2 is 2.44 bits per heavy atom. The van der Waals surface area contributed by atoms with Crippen LogP contribution in [0.4, 0.5) is 4.79 Å². The highest BCUT2D eigenvalue weighted by Crippen LogP contribution is 2.33. The Hall–Kier alpha value is -0.910. The maximum Gasteiger partial charge on any atom is 0.407 e. The van der Waals surface area contributed by atoms with E-state index in [2.05, 4.69) is 5.32 Å². The predicted octanol–water partition coefficient (Wildman–Crippen LogP) is 1.22. The average Bonchev–Trinajstić information content (AvgIpc) is 2.56. The zero-order chi connectivity index (χ0) is 11.5. The third-order valence-corrected chi connectivity index (χ3v) is 4.38. The van der Waals surface area contributed by atoms with Gasteiger partial charge in [-0.3, -0.25) is 4.79 Å². The SMILES string of the molecule is O=C(O)CCCC1C[C@H]2OC(=O)NC2CS1. The first-order valence-corrected chi connectivity index (χ1v) is 6.50. The van der Waals surface area contributed by atoms with Crippen molar-refractivity contribution >= 4 is 23.8 Å². The monoisotopic (exact) mass is 245 g/mol. The molecule has 90 valence electrons. The fourth-order valence-electron chi connectivity index (χ4n) is 2.11. The van der Waals surface area contributed by atoms with Crippen molar-refractivity contribution in [2.24, 2.45) is 0 Å². The molecule has 5 nitrogen and oxygen atoms in total. The van der Waals surface area contributed by atoms with Crippen molar-refractivity contribution in [1.29, 1.82) is 0 Å². The Morgan fingerprint density at radius 3 is 3.19 bits per heavy atom. The van der Waals surface area contributed by atoms with Gasteiger partial charge < -0.3 is 15.2 Å². The molecular weight excluding hydrogens is 230 g/mol. The summed E-state index contributed by atoms with van der Waals surface area (Å²) in [7, 11) is 0. The van der Waals surface area contributed by atoms with Crippen LogP contribution >= 0.6 is 11.8 Å². The van der Waals surface area contributed by atoms with E-state index in [-0.39, 0.29) is 24.7 Å². The second kappa shape index (κ2) is 4.95. The lowest BCUT2D eigenvalue weighted by Gasteiger charge is -2.28. The van der Waals surface area contributed by atoms with E-state index in [0.717, 1.165) is 18.6 Å². The molecule has 2 saturated heterocycles. The number of alkyl carbamates (subject to hydrolysis) is 1. The Bertz CT molecular complexity index is 297. The van der Waals surface area contributed by atoms with Crippen LogP contribution in [-0.2, 0) is 9.53 Å². The van der Waals surface area contributed by atoms with E-state index in [1.807, 2.05) is 0 Å². The third-order valence-electron chi connectivity index (χ3n) is 2.93. The summed E-state index contributed by atoms with van der Waals surface area (Å²) in [6.07, 6.45) is 2.32. The van der Waals surface area contributed by atoms with E-state index in [1.54, 1.807) is 11.8 Å². The number of ether oxygens (including phenoxy) is 1. The molecule has 2 fully saturated rings. The largest absolute Gasteiger partial charge is 0.481 e. The normalized spacial score (nSPS) is 32.8. The van der Waals surface area contributed by atoms with Gasteiger partial charge in [0, 0.05) is 17.4 Å². The van der Waals surface area contributed by atoms with Gasteiger partial charge in [0.2, 0.25) is 0 Å². The number of carbonyl (C=O) groups excluding carboxylic acids is 1. The molecule has 2 heterocycles. The van der Waals surface area contributed by atoms with E-state index < -0.39 is 5.97 Å². The fraction of sp³-hybridized carbons (Fsp3) is 0.800. The van der Waals surface area contributed by atoms with Gasteiger partial charge in [0.05, 0.1) is 6.04 Å². The van der Waals surface area contributed by atoms with Crippen LogP contribution in [0.15, 0.2) is 0 Å². The van der Waals surface area contributed by atoms with Gasteiger partial charge in [-0.25, -0.2) is 4.79 Å². The van der Waals surface area contributed by atoms with Crippen molar-refractivity contribution < 1.29 is 19.4 Å². The molecule has 0 aliphatic carbocycles.